The molecule has 8 nitrogen and oxygen atoms in total. The normalized spacial score (nSPS) is 11.3. The van der Waals surface area contributed by atoms with Crippen molar-refractivity contribution in [2.45, 2.75) is 46.5 Å². The monoisotopic (exact) mass is 463 g/mol. The molecule has 0 bridgehead atoms. The van der Waals surface area contributed by atoms with E-state index in [0.717, 1.165) is 5.56 Å². The van der Waals surface area contributed by atoms with Crippen LogP contribution in [0.25, 0.3) is 6.08 Å². The Labute approximate surface area is 196 Å². The third-order valence-electron chi connectivity index (χ3n) is 3.65. The zero-order valence-corrected chi connectivity index (χ0v) is 20.4. The van der Waals surface area contributed by atoms with Gasteiger partial charge >= 0.3 is 5.97 Å². The minimum Gasteiger partial charge on any atom is -0.545 e. The Morgan fingerprint density at radius 3 is 2.21 bits per heavy atom. The maximum Gasteiger partial charge on any atom is 0.336 e. The summed E-state index contributed by atoms with van der Waals surface area (Å²) in [6.07, 6.45) is 1.48. The fourth-order valence-corrected chi connectivity index (χ4v) is 2.12. The fraction of sp³-hybridized carbons (Fsp3) is 0.440. The average molecular weight is 464 g/mol. The lowest BCUT2D eigenvalue weighted by atomic mass is 10.2. The van der Waals surface area contributed by atoms with Gasteiger partial charge < -0.3 is 33.6 Å². The van der Waals surface area contributed by atoms with Gasteiger partial charge in [-0.25, -0.2) is 4.79 Å². The van der Waals surface area contributed by atoms with Gasteiger partial charge in [0.2, 0.25) is 0 Å². The lowest BCUT2D eigenvalue weighted by Crippen LogP contribution is -2.27. The molecule has 0 aliphatic carbocycles. The molecule has 0 aromatic heterocycles. The standard InChI is InChI=1S/C13H18O3.C12H18O5/c1-5-11-7-8-12(13(9-11)14-4)16-10(3)15-6-2;1-8(10(13)14)6-16-7-9(2)11(15)17-12(3,4)5/h5,7-10H,1,6H2,2-4H3;1-2,6-7H2,3-5H3,(H,13,14)/p-1. The van der Waals surface area contributed by atoms with Crippen molar-refractivity contribution in [2.75, 3.05) is 26.9 Å². The number of esters is 1. The van der Waals surface area contributed by atoms with Gasteiger partial charge in [0.05, 0.1) is 31.9 Å². The van der Waals surface area contributed by atoms with Crippen LogP contribution in [0.3, 0.4) is 0 Å². The van der Waals surface area contributed by atoms with E-state index in [9.17, 15) is 14.7 Å². The molecular weight excluding hydrogens is 428 g/mol. The molecule has 184 valence electrons. The van der Waals surface area contributed by atoms with Gasteiger partial charge in [-0.15, -0.1) is 0 Å². The third-order valence-corrected chi connectivity index (χ3v) is 3.65. The third kappa shape index (κ3) is 13.1. The Balaban J connectivity index is 0.000000621. The van der Waals surface area contributed by atoms with Crippen molar-refractivity contribution in [3.8, 4) is 11.5 Å². The first-order valence-electron chi connectivity index (χ1n) is 10.3. The molecule has 0 aliphatic heterocycles. The van der Waals surface area contributed by atoms with Crippen molar-refractivity contribution in [1.82, 2.24) is 0 Å². The van der Waals surface area contributed by atoms with Gasteiger partial charge in [0.15, 0.2) is 17.8 Å². The van der Waals surface area contributed by atoms with Gasteiger partial charge in [0.25, 0.3) is 0 Å². The Kier molecular flexibility index (Phi) is 13.5. The van der Waals surface area contributed by atoms with E-state index in [1.54, 1.807) is 34.0 Å². The van der Waals surface area contributed by atoms with Gasteiger partial charge in [0, 0.05) is 6.61 Å². The van der Waals surface area contributed by atoms with Crippen LogP contribution in [-0.4, -0.2) is 50.8 Å². The van der Waals surface area contributed by atoms with Crippen LogP contribution >= 0.6 is 0 Å². The molecule has 0 radical (unpaired) electrons. The topological polar surface area (TPSA) is 103 Å². The number of carbonyl (C=O) groups excluding carboxylic acids is 2. The van der Waals surface area contributed by atoms with Crippen molar-refractivity contribution in [3.05, 3.63) is 54.6 Å². The Morgan fingerprint density at radius 2 is 1.73 bits per heavy atom. The number of carbonyl (C=O) groups is 2. The van der Waals surface area contributed by atoms with E-state index in [1.807, 2.05) is 32.0 Å². The summed E-state index contributed by atoms with van der Waals surface area (Å²) in [7, 11) is 1.61. The molecule has 1 rings (SSSR count). The van der Waals surface area contributed by atoms with Crippen molar-refractivity contribution < 1.29 is 38.4 Å². The molecule has 0 amide bonds. The quantitative estimate of drug-likeness (QED) is 0.264. The largest absolute Gasteiger partial charge is 0.545 e. The lowest BCUT2D eigenvalue weighted by molar-refractivity contribution is -0.299. The highest BCUT2D eigenvalue weighted by atomic mass is 16.7. The Morgan fingerprint density at radius 1 is 1.12 bits per heavy atom. The maximum absolute atomic E-state index is 11.4. The van der Waals surface area contributed by atoms with E-state index < -0.39 is 17.5 Å². The molecule has 1 atom stereocenters. The van der Waals surface area contributed by atoms with Gasteiger partial charge in [-0.05, 0) is 57.9 Å². The number of carboxylic acid groups (broad SMARTS) is 1. The highest BCUT2D eigenvalue weighted by molar-refractivity contribution is 5.88. The molecule has 1 aromatic carbocycles. The number of ether oxygens (including phenoxy) is 5. The molecule has 0 aliphatic rings. The molecule has 1 aromatic rings. The number of carboxylic acids is 1. The summed E-state index contributed by atoms with van der Waals surface area (Å²) in [6.45, 7) is 19.7. The number of hydrogen-bond acceptors (Lipinski definition) is 8. The van der Waals surface area contributed by atoms with Crippen LogP contribution < -0.4 is 14.6 Å². The molecule has 0 heterocycles. The number of hydrogen-bond donors (Lipinski definition) is 0. The summed E-state index contributed by atoms with van der Waals surface area (Å²) in [5.41, 5.74) is 0.315. The number of methoxy groups -OCH3 is 1. The first-order chi connectivity index (χ1) is 15.3. The van der Waals surface area contributed by atoms with Crippen LogP contribution in [-0.2, 0) is 23.8 Å². The molecule has 0 fully saturated rings. The van der Waals surface area contributed by atoms with Crippen molar-refractivity contribution in [2.24, 2.45) is 0 Å². The Bertz CT molecular complexity index is 820. The summed E-state index contributed by atoms with van der Waals surface area (Å²) in [5.74, 6) is -0.595. The summed E-state index contributed by atoms with van der Waals surface area (Å²) in [5, 5.41) is 10.3. The molecular formula is C25H35O8-. The molecule has 0 saturated heterocycles. The highest BCUT2D eigenvalue weighted by Crippen LogP contribution is 2.29. The minimum atomic E-state index is -1.38. The maximum atomic E-state index is 11.4. The number of aliphatic carboxylic acids is 1. The van der Waals surface area contributed by atoms with Crippen LogP contribution in [0.5, 0.6) is 11.5 Å². The molecule has 0 N–H and O–H groups in total. The van der Waals surface area contributed by atoms with Crippen LogP contribution in [0.1, 0.15) is 40.2 Å². The van der Waals surface area contributed by atoms with E-state index in [2.05, 4.69) is 19.7 Å². The van der Waals surface area contributed by atoms with E-state index in [4.69, 9.17) is 23.7 Å². The number of benzene rings is 1. The Hall–Kier alpha value is -3.10. The second kappa shape index (κ2) is 14.9. The summed E-state index contributed by atoms with van der Waals surface area (Å²) in [6, 6.07) is 5.65. The van der Waals surface area contributed by atoms with Gasteiger partial charge in [-0.3, -0.25) is 0 Å². The van der Waals surface area contributed by atoms with E-state index >= 15 is 0 Å². The SMILES string of the molecule is C=C(COCC(=C)C(=O)OC(C)(C)C)C(=O)[O-].C=Cc1ccc(OC(C)OCC)c(OC)c1. The zero-order chi connectivity index (χ0) is 25.6. The number of rotatable bonds is 12. The van der Waals surface area contributed by atoms with Gasteiger partial charge in [-0.2, -0.15) is 0 Å². The highest BCUT2D eigenvalue weighted by Gasteiger charge is 2.18. The smallest absolute Gasteiger partial charge is 0.336 e. The van der Waals surface area contributed by atoms with Gasteiger partial charge in [0.1, 0.15) is 5.60 Å². The second-order valence-corrected chi connectivity index (χ2v) is 7.74. The average Bonchev–Trinajstić information content (AvgIpc) is 2.73. The molecule has 0 saturated carbocycles. The minimum absolute atomic E-state index is 0.110. The first-order valence-corrected chi connectivity index (χ1v) is 10.3. The van der Waals surface area contributed by atoms with Crippen LogP contribution in [0, 0.1) is 0 Å². The summed E-state index contributed by atoms with van der Waals surface area (Å²) < 4.78 is 26.1. The molecule has 0 spiro atoms. The molecule has 33 heavy (non-hydrogen) atoms. The second-order valence-electron chi connectivity index (χ2n) is 7.74. The van der Waals surface area contributed by atoms with E-state index in [1.165, 1.54) is 0 Å². The van der Waals surface area contributed by atoms with Crippen molar-refractivity contribution >= 4 is 18.0 Å². The van der Waals surface area contributed by atoms with Crippen molar-refractivity contribution in [1.29, 1.82) is 0 Å². The van der Waals surface area contributed by atoms with Crippen LogP contribution in [0.2, 0.25) is 0 Å². The fourth-order valence-electron chi connectivity index (χ4n) is 2.12. The summed E-state index contributed by atoms with van der Waals surface area (Å²) >= 11 is 0. The van der Waals surface area contributed by atoms with E-state index in [-0.39, 0.29) is 30.6 Å². The van der Waals surface area contributed by atoms with Gasteiger partial charge in [-0.1, -0.05) is 31.9 Å². The summed E-state index contributed by atoms with van der Waals surface area (Å²) in [4.78, 5) is 21.7. The first kappa shape index (κ1) is 29.9. The predicted octanol–water partition coefficient (Wildman–Crippen LogP) is 3.31. The van der Waals surface area contributed by atoms with Crippen LogP contribution in [0.4, 0.5) is 0 Å². The molecule has 8 heteroatoms. The van der Waals surface area contributed by atoms with E-state index in [0.29, 0.717) is 18.1 Å². The van der Waals surface area contributed by atoms with Crippen molar-refractivity contribution in [3.63, 3.8) is 0 Å². The lowest BCUT2D eigenvalue weighted by Gasteiger charge is -2.20. The zero-order valence-electron chi connectivity index (χ0n) is 20.4. The van der Waals surface area contributed by atoms with Crippen LogP contribution in [0.15, 0.2) is 49.1 Å². The molecule has 1 unspecified atom stereocenters. The predicted molar refractivity (Wildman–Crippen MR) is 125 cm³/mol.